The van der Waals surface area contributed by atoms with Gasteiger partial charge in [-0.05, 0) is 25.1 Å². The number of carbonyl (C=O) groups excluding carboxylic acids is 1. The fraction of sp³-hybridized carbons (Fsp3) is 0.500. The average Bonchev–Trinajstić information content (AvgIpc) is 2.39. The second kappa shape index (κ2) is 10.4. The summed E-state index contributed by atoms with van der Waals surface area (Å²) in [6, 6.07) is 0. The second-order valence-electron chi connectivity index (χ2n) is 6.38. The Morgan fingerprint density at radius 3 is 2.09 bits per heavy atom. The van der Waals surface area contributed by atoms with Gasteiger partial charge in [0.1, 0.15) is 0 Å². The van der Waals surface area contributed by atoms with Gasteiger partial charge >= 0.3 is 5.97 Å². The minimum absolute atomic E-state index is 0.241. The van der Waals surface area contributed by atoms with Crippen molar-refractivity contribution in [2.75, 3.05) is 13.2 Å². The predicted molar refractivity (Wildman–Crippen MR) is 96.3 cm³/mol. The van der Waals surface area contributed by atoms with E-state index in [0.29, 0.717) is 13.2 Å². The summed E-state index contributed by atoms with van der Waals surface area (Å²) >= 11 is 0. The molecule has 124 valence electrons. The van der Waals surface area contributed by atoms with Crippen molar-refractivity contribution in [3.05, 3.63) is 48.6 Å². The molecular weight excluding hydrogens is 292 g/mol. The van der Waals surface area contributed by atoms with Gasteiger partial charge in [0.05, 0.1) is 13.2 Å². The average molecular weight is 323 g/mol. The van der Waals surface area contributed by atoms with Crippen LogP contribution in [-0.2, 0) is 14.0 Å². The number of rotatable bonds is 8. The molecule has 3 nitrogen and oxygen atoms in total. The third-order valence-electron chi connectivity index (χ3n) is 3.56. The van der Waals surface area contributed by atoms with Crippen LogP contribution in [0.25, 0.3) is 0 Å². The van der Waals surface area contributed by atoms with Crippen LogP contribution in [0.1, 0.15) is 27.7 Å². The summed E-state index contributed by atoms with van der Waals surface area (Å²) in [5.41, 5.74) is 0. The molecule has 0 amide bonds. The first-order chi connectivity index (χ1) is 10.2. The maximum atomic E-state index is 11.0. The van der Waals surface area contributed by atoms with Gasteiger partial charge in [-0.2, -0.15) is 0 Å². The van der Waals surface area contributed by atoms with Gasteiger partial charge in [0, 0.05) is 6.08 Å². The molecule has 4 heteroatoms. The van der Waals surface area contributed by atoms with Crippen LogP contribution in [0.15, 0.2) is 48.6 Å². The van der Waals surface area contributed by atoms with Crippen molar-refractivity contribution >= 4 is 14.3 Å². The van der Waals surface area contributed by atoms with Crippen molar-refractivity contribution in [3.8, 4) is 0 Å². The van der Waals surface area contributed by atoms with Crippen molar-refractivity contribution < 1.29 is 14.0 Å². The van der Waals surface area contributed by atoms with E-state index in [1.54, 1.807) is 19.1 Å². The summed E-state index contributed by atoms with van der Waals surface area (Å²) in [7, 11) is -1.65. The van der Waals surface area contributed by atoms with Gasteiger partial charge in [0.2, 0.25) is 0 Å². The standard InChI is InChI=1S/C18H30O3Si/c1-7-20-17(19)15-13-11-9-8-10-12-14-16-21-22(5,6)18(2,3)4/h8-15H,7,16H2,1-6H3/b10-8+,11-9+,14-12+,15-13+. The topological polar surface area (TPSA) is 35.5 Å². The number of carbonyl (C=O) groups is 1. The zero-order valence-corrected chi connectivity index (χ0v) is 15.8. The number of hydrogen-bond acceptors (Lipinski definition) is 3. The molecule has 0 rings (SSSR count). The largest absolute Gasteiger partial charge is 0.463 e. The monoisotopic (exact) mass is 322 g/mol. The van der Waals surface area contributed by atoms with Gasteiger partial charge in [-0.1, -0.05) is 63.3 Å². The summed E-state index contributed by atoms with van der Waals surface area (Å²) in [6.07, 6.45) is 14.5. The molecule has 22 heavy (non-hydrogen) atoms. The van der Waals surface area contributed by atoms with E-state index < -0.39 is 8.32 Å². The summed E-state index contributed by atoms with van der Waals surface area (Å²) in [4.78, 5) is 11.0. The van der Waals surface area contributed by atoms with Crippen LogP contribution in [0.2, 0.25) is 18.1 Å². The van der Waals surface area contributed by atoms with E-state index in [4.69, 9.17) is 9.16 Å². The summed E-state index contributed by atoms with van der Waals surface area (Å²) < 4.78 is 10.8. The molecule has 0 atom stereocenters. The van der Waals surface area contributed by atoms with E-state index in [0.717, 1.165) is 0 Å². The first kappa shape index (κ1) is 20.6. The molecule has 0 aromatic rings. The van der Waals surface area contributed by atoms with Gasteiger partial charge < -0.3 is 9.16 Å². The highest BCUT2D eigenvalue weighted by Crippen LogP contribution is 2.36. The Morgan fingerprint density at radius 2 is 1.55 bits per heavy atom. The maximum Gasteiger partial charge on any atom is 0.330 e. The van der Waals surface area contributed by atoms with Crippen LogP contribution in [0.4, 0.5) is 0 Å². The molecule has 0 aromatic carbocycles. The molecule has 0 heterocycles. The predicted octanol–water partition coefficient (Wildman–Crippen LogP) is 4.80. The van der Waals surface area contributed by atoms with E-state index in [1.165, 1.54) is 6.08 Å². The highest BCUT2D eigenvalue weighted by atomic mass is 28.4. The quantitative estimate of drug-likeness (QED) is 0.279. The van der Waals surface area contributed by atoms with E-state index in [2.05, 4.69) is 33.9 Å². The Hall–Kier alpha value is -1.39. The van der Waals surface area contributed by atoms with Crippen LogP contribution in [0.3, 0.4) is 0 Å². The van der Waals surface area contributed by atoms with E-state index in [9.17, 15) is 4.79 Å². The molecule has 0 N–H and O–H groups in total. The zero-order valence-electron chi connectivity index (χ0n) is 14.8. The summed E-state index contributed by atoms with van der Waals surface area (Å²) in [5.74, 6) is -0.321. The Kier molecular flexibility index (Phi) is 9.70. The molecule has 0 spiro atoms. The van der Waals surface area contributed by atoms with Crippen molar-refractivity contribution in [2.24, 2.45) is 0 Å². The fourth-order valence-electron chi connectivity index (χ4n) is 1.19. The first-order valence-electron chi connectivity index (χ1n) is 7.68. The molecular formula is C18H30O3Si. The lowest BCUT2D eigenvalue weighted by atomic mass is 10.2. The molecule has 0 radical (unpaired) electrons. The molecule has 0 aliphatic carbocycles. The third-order valence-corrected chi connectivity index (χ3v) is 8.06. The molecule has 0 saturated heterocycles. The second-order valence-corrected chi connectivity index (χ2v) is 11.2. The van der Waals surface area contributed by atoms with Gasteiger partial charge in [-0.3, -0.25) is 0 Å². The fourth-order valence-corrected chi connectivity index (χ4v) is 2.13. The molecule has 0 aliphatic rings. The molecule has 0 aromatic heterocycles. The van der Waals surface area contributed by atoms with Gasteiger partial charge in [0.25, 0.3) is 0 Å². The van der Waals surface area contributed by atoms with E-state index in [-0.39, 0.29) is 11.0 Å². The normalized spacial score (nSPS) is 13.9. The van der Waals surface area contributed by atoms with Crippen LogP contribution in [0, 0.1) is 0 Å². The minimum atomic E-state index is -1.65. The Balaban J connectivity index is 4.02. The van der Waals surface area contributed by atoms with Crippen molar-refractivity contribution in [3.63, 3.8) is 0 Å². The molecule has 0 aliphatic heterocycles. The van der Waals surface area contributed by atoms with Crippen LogP contribution >= 0.6 is 0 Å². The zero-order chi connectivity index (χ0) is 17.1. The van der Waals surface area contributed by atoms with Gasteiger partial charge in [-0.15, -0.1) is 0 Å². The lowest BCUT2D eigenvalue weighted by Crippen LogP contribution is -2.40. The highest BCUT2D eigenvalue weighted by molar-refractivity contribution is 6.74. The number of hydrogen-bond donors (Lipinski definition) is 0. The number of esters is 1. The van der Waals surface area contributed by atoms with E-state index >= 15 is 0 Å². The number of ether oxygens (including phenoxy) is 1. The number of allylic oxidation sites excluding steroid dienone is 6. The lowest BCUT2D eigenvalue weighted by Gasteiger charge is -2.35. The van der Waals surface area contributed by atoms with Gasteiger partial charge in [0.15, 0.2) is 8.32 Å². The van der Waals surface area contributed by atoms with Crippen LogP contribution < -0.4 is 0 Å². The summed E-state index contributed by atoms with van der Waals surface area (Å²) in [5, 5.41) is 0.241. The molecule has 0 fully saturated rings. The highest BCUT2D eigenvalue weighted by Gasteiger charge is 2.36. The van der Waals surface area contributed by atoms with Gasteiger partial charge in [-0.25, -0.2) is 4.79 Å². The Labute approximate surface area is 136 Å². The van der Waals surface area contributed by atoms with Crippen molar-refractivity contribution in [1.29, 1.82) is 0 Å². The Bertz CT molecular complexity index is 438. The summed E-state index contributed by atoms with van der Waals surface area (Å²) in [6.45, 7) is 14.0. The lowest BCUT2D eigenvalue weighted by molar-refractivity contribution is -0.137. The van der Waals surface area contributed by atoms with E-state index in [1.807, 2.05) is 30.4 Å². The molecule has 0 saturated carbocycles. The SMILES string of the molecule is CCOC(=O)/C=C/C=C/C=C/C=C/CO[Si](C)(C)C(C)(C)C. The smallest absolute Gasteiger partial charge is 0.330 e. The van der Waals surface area contributed by atoms with Crippen LogP contribution in [0.5, 0.6) is 0 Å². The molecule has 0 unspecified atom stereocenters. The maximum absolute atomic E-state index is 11.0. The first-order valence-corrected chi connectivity index (χ1v) is 10.6. The van der Waals surface area contributed by atoms with Crippen molar-refractivity contribution in [1.82, 2.24) is 0 Å². The minimum Gasteiger partial charge on any atom is -0.463 e. The van der Waals surface area contributed by atoms with Crippen LogP contribution in [-0.4, -0.2) is 27.5 Å². The van der Waals surface area contributed by atoms with Crippen molar-refractivity contribution in [2.45, 2.75) is 45.8 Å². The molecule has 0 bridgehead atoms. The third kappa shape index (κ3) is 9.53. The Morgan fingerprint density at radius 1 is 1.00 bits per heavy atom.